The molecule has 1 saturated carbocycles. The molecular weight excluding hydrogens is 460 g/mol. The molecule has 1 aliphatic carbocycles. The lowest BCUT2D eigenvalue weighted by Gasteiger charge is -2.25. The summed E-state index contributed by atoms with van der Waals surface area (Å²) in [6.45, 7) is 10.5. The molecular formula is C28H40N2O4S. The molecule has 2 heterocycles. The van der Waals surface area contributed by atoms with Gasteiger partial charge in [-0.25, -0.2) is 4.21 Å². The molecule has 0 spiro atoms. The zero-order valence-corrected chi connectivity index (χ0v) is 22.4. The summed E-state index contributed by atoms with van der Waals surface area (Å²) in [4.78, 5) is 13.8. The molecule has 0 bridgehead atoms. The van der Waals surface area contributed by atoms with Gasteiger partial charge in [-0.3, -0.25) is 4.79 Å². The Labute approximate surface area is 212 Å². The van der Waals surface area contributed by atoms with Crippen LogP contribution in [-0.2, 0) is 27.8 Å². The van der Waals surface area contributed by atoms with Crippen LogP contribution in [0, 0.1) is 12.8 Å². The van der Waals surface area contributed by atoms with E-state index >= 15 is 0 Å². The highest BCUT2D eigenvalue weighted by molar-refractivity contribution is 7.79. The third kappa shape index (κ3) is 6.07. The van der Waals surface area contributed by atoms with E-state index in [9.17, 15) is 13.6 Å². The quantitative estimate of drug-likeness (QED) is 0.489. The number of rotatable bonds is 6. The number of carbonyl (C=O) groups is 1. The van der Waals surface area contributed by atoms with E-state index in [1.165, 1.54) is 32.1 Å². The van der Waals surface area contributed by atoms with Crippen molar-refractivity contribution in [3.05, 3.63) is 41.1 Å². The highest BCUT2D eigenvalue weighted by Gasteiger charge is 2.26. The number of aromatic nitrogens is 1. The van der Waals surface area contributed by atoms with Crippen LogP contribution in [0.4, 0.5) is 0 Å². The second-order valence-corrected chi connectivity index (χ2v) is 12.2. The van der Waals surface area contributed by atoms with Gasteiger partial charge in [0.15, 0.2) is 11.1 Å². The van der Waals surface area contributed by atoms with Crippen LogP contribution in [0.2, 0.25) is 0 Å². The Morgan fingerprint density at radius 2 is 1.80 bits per heavy atom. The number of amides is 1. The molecule has 0 radical (unpaired) electrons. The number of nitrogens with zero attached hydrogens (tertiary/aromatic N) is 1. The van der Waals surface area contributed by atoms with Gasteiger partial charge in [-0.15, -0.1) is 0 Å². The minimum Gasteiger partial charge on any atom is -0.381 e. The van der Waals surface area contributed by atoms with Gasteiger partial charge >= 0.3 is 0 Å². The summed E-state index contributed by atoms with van der Waals surface area (Å²) in [7, 11) is 0. The maximum atomic E-state index is 13.4. The van der Waals surface area contributed by atoms with Gasteiger partial charge in [-0.2, -0.15) is 0 Å². The van der Waals surface area contributed by atoms with Crippen LogP contribution in [0.5, 0.6) is 0 Å². The van der Waals surface area contributed by atoms with E-state index < -0.39 is 11.1 Å². The Balaban J connectivity index is 1.75. The van der Waals surface area contributed by atoms with Crippen LogP contribution >= 0.6 is 0 Å². The van der Waals surface area contributed by atoms with E-state index in [0.29, 0.717) is 24.0 Å². The van der Waals surface area contributed by atoms with Crippen LogP contribution in [-0.4, -0.2) is 38.5 Å². The van der Waals surface area contributed by atoms with Crippen molar-refractivity contribution in [2.75, 3.05) is 13.2 Å². The third-order valence-electron chi connectivity index (χ3n) is 7.60. The molecule has 2 fully saturated rings. The SMILES string of the molecule is Cc1c(C(=O)NC2CCOCC2)cc(-c2ccc(S(=O)O)c(C(C)(C)C)c2)n1CC1CCCCC1. The van der Waals surface area contributed by atoms with E-state index in [1.54, 1.807) is 6.07 Å². The van der Waals surface area contributed by atoms with Gasteiger partial charge in [-0.05, 0) is 73.3 Å². The maximum absolute atomic E-state index is 13.4. The standard InChI is InChI=1S/C28H40N2O4S/c1-19-23(27(31)29-22-12-14-34-15-13-22)17-25(30(19)18-20-8-6-5-7-9-20)21-10-11-26(35(32)33)24(16-21)28(2,3)4/h10-11,16-17,20,22H,5-9,12-15,18H2,1-4H3,(H,29,31)(H,32,33). The maximum Gasteiger partial charge on any atom is 0.253 e. The molecule has 1 aromatic heterocycles. The predicted molar refractivity (Wildman–Crippen MR) is 140 cm³/mol. The number of ether oxygens (including phenoxy) is 1. The molecule has 1 aromatic carbocycles. The number of hydrogen-bond donors (Lipinski definition) is 2. The highest BCUT2D eigenvalue weighted by atomic mass is 32.2. The Morgan fingerprint density at radius 3 is 2.43 bits per heavy atom. The van der Waals surface area contributed by atoms with Crippen molar-refractivity contribution >= 4 is 17.0 Å². The number of carbonyl (C=O) groups excluding carboxylic acids is 1. The summed E-state index contributed by atoms with van der Waals surface area (Å²) in [6, 6.07) is 7.89. The fourth-order valence-electron chi connectivity index (χ4n) is 5.51. The van der Waals surface area contributed by atoms with E-state index in [2.05, 4.69) is 30.7 Å². The van der Waals surface area contributed by atoms with Crippen molar-refractivity contribution in [1.82, 2.24) is 9.88 Å². The lowest BCUT2D eigenvalue weighted by atomic mass is 9.85. The molecule has 1 aliphatic heterocycles. The molecule has 1 amide bonds. The topological polar surface area (TPSA) is 80.6 Å². The van der Waals surface area contributed by atoms with Gasteiger partial charge in [0, 0.05) is 37.2 Å². The Hall–Kier alpha value is -1.96. The van der Waals surface area contributed by atoms with Crippen LogP contribution < -0.4 is 5.32 Å². The smallest absolute Gasteiger partial charge is 0.253 e. The van der Waals surface area contributed by atoms with Crippen molar-refractivity contribution in [3.8, 4) is 11.3 Å². The van der Waals surface area contributed by atoms with Crippen LogP contribution in [0.1, 0.15) is 87.3 Å². The first-order valence-electron chi connectivity index (χ1n) is 13.0. The van der Waals surface area contributed by atoms with Gasteiger partial charge in [0.25, 0.3) is 5.91 Å². The van der Waals surface area contributed by atoms with E-state index in [0.717, 1.165) is 47.5 Å². The molecule has 7 heteroatoms. The Morgan fingerprint density at radius 1 is 1.11 bits per heavy atom. The average Bonchev–Trinajstić information content (AvgIpc) is 3.15. The lowest BCUT2D eigenvalue weighted by Crippen LogP contribution is -2.39. The van der Waals surface area contributed by atoms with Crippen molar-refractivity contribution in [3.63, 3.8) is 0 Å². The predicted octanol–water partition coefficient (Wildman–Crippen LogP) is 5.83. The van der Waals surface area contributed by atoms with Gasteiger partial charge < -0.3 is 19.2 Å². The molecule has 1 atom stereocenters. The summed E-state index contributed by atoms with van der Waals surface area (Å²) in [5, 5.41) is 3.23. The first-order valence-corrected chi connectivity index (χ1v) is 14.1. The molecule has 2 aromatic rings. The molecule has 1 unspecified atom stereocenters. The van der Waals surface area contributed by atoms with Crippen molar-refractivity contribution in [2.45, 2.75) is 95.5 Å². The van der Waals surface area contributed by atoms with Gasteiger partial charge in [0.05, 0.1) is 10.5 Å². The van der Waals surface area contributed by atoms with Crippen LogP contribution in [0.15, 0.2) is 29.2 Å². The van der Waals surface area contributed by atoms with E-state index in [-0.39, 0.29) is 17.4 Å². The summed E-state index contributed by atoms with van der Waals surface area (Å²) in [5.41, 5.74) is 4.26. The first kappa shape index (κ1) is 26.1. The Bertz CT molecular complexity index is 1070. The van der Waals surface area contributed by atoms with Crippen molar-refractivity contribution in [1.29, 1.82) is 0 Å². The Kier molecular flexibility index (Phi) is 8.19. The van der Waals surface area contributed by atoms with E-state index in [4.69, 9.17) is 4.74 Å². The molecule has 2 aliphatic rings. The monoisotopic (exact) mass is 500 g/mol. The van der Waals surface area contributed by atoms with Crippen LogP contribution in [0.25, 0.3) is 11.3 Å². The minimum absolute atomic E-state index is 0.0258. The average molecular weight is 501 g/mol. The molecule has 192 valence electrons. The number of nitrogens with one attached hydrogen (secondary N) is 1. The second kappa shape index (κ2) is 11.0. The first-order chi connectivity index (χ1) is 16.6. The molecule has 4 rings (SSSR count). The summed E-state index contributed by atoms with van der Waals surface area (Å²) in [6.07, 6.45) is 7.96. The summed E-state index contributed by atoms with van der Waals surface area (Å²) < 4.78 is 29.7. The lowest BCUT2D eigenvalue weighted by molar-refractivity contribution is 0.0696. The van der Waals surface area contributed by atoms with Crippen LogP contribution in [0.3, 0.4) is 0 Å². The third-order valence-corrected chi connectivity index (χ3v) is 8.34. The summed E-state index contributed by atoms with van der Waals surface area (Å²) >= 11 is -2.05. The largest absolute Gasteiger partial charge is 0.381 e. The number of hydrogen-bond acceptors (Lipinski definition) is 3. The highest BCUT2D eigenvalue weighted by Crippen LogP contribution is 2.35. The van der Waals surface area contributed by atoms with Gasteiger partial charge in [-0.1, -0.05) is 46.1 Å². The van der Waals surface area contributed by atoms with Gasteiger partial charge in [0.2, 0.25) is 0 Å². The van der Waals surface area contributed by atoms with E-state index in [1.807, 2.05) is 25.1 Å². The molecule has 1 saturated heterocycles. The summed E-state index contributed by atoms with van der Waals surface area (Å²) in [5.74, 6) is 0.577. The minimum atomic E-state index is -2.05. The van der Waals surface area contributed by atoms with Crippen molar-refractivity contribution in [2.24, 2.45) is 5.92 Å². The normalized spacial score (nSPS) is 19.0. The fourth-order valence-corrected chi connectivity index (χ4v) is 6.25. The zero-order valence-electron chi connectivity index (χ0n) is 21.6. The fraction of sp³-hybridized carbons (Fsp3) is 0.607. The van der Waals surface area contributed by atoms with Gasteiger partial charge in [0.1, 0.15) is 0 Å². The molecule has 2 N–H and O–H groups in total. The zero-order chi connectivity index (χ0) is 25.2. The molecule has 6 nitrogen and oxygen atoms in total. The number of benzene rings is 1. The van der Waals surface area contributed by atoms with Crippen molar-refractivity contribution < 1.29 is 18.3 Å². The second-order valence-electron chi connectivity index (χ2n) is 11.2. The molecule has 35 heavy (non-hydrogen) atoms.